The number of unbranched alkanes of at least 4 members (excludes halogenated alkanes) is 2. The molecule has 0 atom stereocenters. The van der Waals surface area contributed by atoms with E-state index in [1.54, 1.807) is 7.11 Å². The second-order valence-electron chi connectivity index (χ2n) is 4.20. The van der Waals surface area contributed by atoms with Gasteiger partial charge < -0.3 is 9.64 Å². The van der Waals surface area contributed by atoms with Crippen LogP contribution >= 0.6 is 0 Å². The fourth-order valence-electron chi connectivity index (χ4n) is 1.71. The molecule has 0 amide bonds. The molecule has 0 saturated heterocycles. The molecule has 3 heteroatoms. The summed E-state index contributed by atoms with van der Waals surface area (Å²) in [6.45, 7) is 1.98. The highest BCUT2D eigenvalue weighted by molar-refractivity contribution is 5.26. The van der Waals surface area contributed by atoms with Gasteiger partial charge in [0.1, 0.15) is 5.75 Å². The van der Waals surface area contributed by atoms with Gasteiger partial charge in [0.25, 0.3) is 0 Å². The summed E-state index contributed by atoms with van der Waals surface area (Å²) in [6, 6.07) is 10.3. The van der Waals surface area contributed by atoms with Gasteiger partial charge in [0, 0.05) is 13.0 Å². The van der Waals surface area contributed by atoms with Gasteiger partial charge in [0.2, 0.25) is 0 Å². The molecule has 1 aromatic rings. The van der Waals surface area contributed by atoms with Crippen molar-refractivity contribution in [3.8, 4) is 11.8 Å². The van der Waals surface area contributed by atoms with Gasteiger partial charge in [0.15, 0.2) is 0 Å². The Morgan fingerprint density at radius 2 is 1.94 bits per heavy atom. The van der Waals surface area contributed by atoms with E-state index in [9.17, 15) is 0 Å². The zero-order valence-electron chi connectivity index (χ0n) is 10.6. The molecule has 3 nitrogen and oxygen atoms in total. The number of nitrogens with zero attached hydrogens (tertiary/aromatic N) is 2. The molecule has 17 heavy (non-hydrogen) atoms. The zero-order valence-corrected chi connectivity index (χ0v) is 10.6. The molecular weight excluding hydrogens is 212 g/mol. The molecule has 0 radical (unpaired) electrons. The lowest BCUT2D eigenvalue weighted by atomic mass is 10.2. The quantitative estimate of drug-likeness (QED) is 0.678. The SMILES string of the molecule is COc1ccc(CN(C)CCCCC#N)cc1. The van der Waals surface area contributed by atoms with E-state index < -0.39 is 0 Å². The van der Waals surface area contributed by atoms with Crippen molar-refractivity contribution in [3.05, 3.63) is 29.8 Å². The van der Waals surface area contributed by atoms with Crippen LogP contribution in [0.25, 0.3) is 0 Å². The minimum absolute atomic E-state index is 0.663. The Labute approximate surface area is 104 Å². The molecule has 0 heterocycles. The number of benzene rings is 1. The van der Waals surface area contributed by atoms with Gasteiger partial charge >= 0.3 is 0 Å². The Hall–Kier alpha value is -1.53. The Kier molecular flexibility index (Phi) is 6.13. The fourth-order valence-corrected chi connectivity index (χ4v) is 1.71. The van der Waals surface area contributed by atoms with Gasteiger partial charge in [0.05, 0.1) is 13.2 Å². The number of ether oxygens (including phenoxy) is 1. The largest absolute Gasteiger partial charge is 0.497 e. The Balaban J connectivity index is 2.29. The van der Waals surface area contributed by atoms with E-state index in [0.29, 0.717) is 6.42 Å². The molecule has 0 spiro atoms. The van der Waals surface area contributed by atoms with Crippen molar-refractivity contribution in [1.82, 2.24) is 4.90 Å². The molecule has 0 saturated carbocycles. The van der Waals surface area contributed by atoms with E-state index in [1.165, 1.54) is 5.56 Å². The lowest BCUT2D eigenvalue weighted by molar-refractivity contribution is 0.319. The van der Waals surface area contributed by atoms with Crippen LogP contribution in [0.2, 0.25) is 0 Å². The zero-order chi connectivity index (χ0) is 12.5. The number of nitriles is 1. The van der Waals surface area contributed by atoms with Crippen molar-refractivity contribution in [2.75, 3.05) is 20.7 Å². The van der Waals surface area contributed by atoms with E-state index in [4.69, 9.17) is 10.00 Å². The molecule has 0 bridgehead atoms. The lowest BCUT2D eigenvalue weighted by Gasteiger charge is -2.16. The summed E-state index contributed by atoms with van der Waals surface area (Å²) in [7, 11) is 3.78. The maximum Gasteiger partial charge on any atom is 0.118 e. The fraction of sp³-hybridized carbons (Fsp3) is 0.500. The smallest absolute Gasteiger partial charge is 0.118 e. The Morgan fingerprint density at radius 1 is 1.24 bits per heavy atom. The lowest BCUT2D eigenvalue weighted by Crippen LogP contribution is -2.18. The average Bonchev–Trinajstić information content (AvgIpc) is 2.36. The van der Waals surface area contributed by atoms with Gasteiger partial charge in [-0.25, -0.2) is 0 Å². The van der Waals surface area contributed by atoms with Crippen LogP contribution in [0.4, 0.5) is 0 Å². The Morgan fingerprint density at radius 3 is 2.53 bits per heavy atom. The maximum absolute atomic E-state index is 8.44. The molecule has 0 aliphatic carbocycles. The van der Waals surface area contributed by atoms with E-state index in [2.05, 4.69) is 30.1 Å². The monoisotopic (exact) mass is 232 g/mol. The van der Waals surface area contributed by atoms with Crippen LogP contribution in [0.15, 0.2) is 24.3 Å². The number of rotatable bonds is 7. The molecule has 0 aliphatic rings. The van der Waals surface area contributed by atoms with Crippen LogP contribution in [0.5, 0.6) is 5.75 Å². The predicted molar refractivity (Wildman–Crippen MR) is 68.8 cm³/mol. The molecular formula is C14H20N2O. The van der Waals surface area contributed by atoms with Crippen LogP contribution in [0, 0.1) is 11.3 Å². The van der Waals surface area contributed by atoms with Gasteiger partial charge in [-0.15, -0.1) is 0 Å². The summed E-state index contributed by atoms with van der Waals surface area (Å²) in [5, 5.41) is 8.44. The summed E-state index contributed by atoms with van der Waals surface area (Å²) >= 11 is 0. The first-order chi connectivity index (χ1) is 8.26. The number of methoxy groups -OCH3 is 1. The molecule has 92 valence electrons. The number of hydrogen-bond acceptors (Lipinski definition) is 3. The molecule has 0 unspecified atom stereocenters. The van der Waals surface area contributed by atoms with Crippen molar-refractivity contribution in [2.45, 2.75) is 25.8 Å². The predicted octanol–water partition coefficient (Wildman–Crippen LogP) is 2.82. The first kappa shape index (κ1) is 13.5. The standard InChI is InChI=1S/C14H20N2O/c1-16(11-5-3-4-10-15)12-13-6-8-14(17-2)9-7-13/h6-9H,3-5,11-12H2,1-2H3. The average molecular weight is 232 g/mol. The maximum atomic E-state index is 8.44. The highest BCUT2D eigenvalue weighted by atomic mass is 16.5. The summed E-state index contributed by atoms with van der Waals surface area (Å²) < 4.78 is 5.12. The van der Waals surface area contributed by atoms with Crippen LogP contribution in [-0.2, 0) is 6.54 Å². The molecule has 0 N–H and O–H groups in total. The highest BCUT2D eigenvalue weighted by Crippen LogP contribution is 2.12. The van der Waals surface area contributed by atoms with Crippen molar-refractivity contribution < 1.29 is 4.74 Å². The first-order valence-corrected chi connectivity index (χ1v) is 5.94. The van der Waals surface area contributed by atoms with Gasteiger partial charge in [-0.05, 0) is 44.1 Å². The van der Waals surface area contributed by atoms with Crippen molar-refractivity contribution in [3.63, 3.8) is 0 Å². The third-order valence-corrected chi connectivity index (χ3v) is 2.69. The molecule has 1 aromatic carbocycles. The van der Waals surface area contributed by atoms with Gasteiger partial charge in [-0.2, -0.15) is 5.26 Å². The second kappa shape index (κ2) is 7.70. The normalized spacial score (nSPS) is 10.2. The first-order valence-electron chi connectivity index (χ1n) is 5.94. The van der Waals surface area contributed by atoms with Crippen molar-refractivity contribution in [2.24, 2.45) is 0 Å². The van der Waals surface area contributed by atoms with Gasteiger partial charge in [-0.3, -0.25) is 0 Å². The van der Waals surface area contributed by atoms with Crippen molar-refractivity contribution in [1.29, 1.82) is 5.26 Å². The van der Waals surface area contributed by atoms with Crippen molar-refractivity contribution >= 4 is 0 Å². The van der Waals surface area contributed by atoms with Crippen LogP contribution in [-0.4, -0.2) is 25.6 Å². The molecule has 1 rings (SSSR count). The highest BCUT2D eigenvalue weighted by Gasteiger charge is 2.00. The van der Waals surface area contributed by atoms with E-state index in [1.807, 2.05) is 12.1 Å². The molecule has 0 aromatic heterocycles. The molecule has 0 fully saturated rings. The Bertz CT molecular complexity index is 353. The molecule has 0 aliphatic heterocycles. The second-order valence-corrected chi connectivity index (χ2v) is 4.20. The minimum Gasteiger partial charge on any atom is -0.497 e. The summed E-state index contributed by atoms with van der Waals surface area (Å²) in [5.41, 5.74) is 1.29. The van der Waals surface area contributed by atoms with Gasteiger partial charge in [-0.1, -0.05) is 12.1 Å². The van der Waals surface area contributed by atoms with Crippen LogP contribution < -0.4 is 4.74 Å². The number of hydrogen-bond donors (Lipinski definition) is 0. The third kappa shape index (κ3) is 5.37. The minimum atomic E-state index is 0.663. The van der Waals surface area contributed by atoms with Crippen LogP contribution in [0.3, 0.4) is 0 Å². The van der Waals surface area contributed by atoms with E-state index in [-0.39, 0.29) is 0 Å². The van der Waals surface area contributed by atoms with E-state index in [0.717, 1.165) is 31.7 Å². The van der Waals surface area contributed by atoms with E-state index >= 15 is 0 Å². The third-order valence-electron chi connectivity index (χ3n) is 2.69. The van der Waals surface area contributed by atoms with Crippen LogP contribution in [0.1, 0.15) is 24.8 Å². The summed E-state index contributed by atoms with van der Waals surface area (Å²) in [4.78, 5) is 2.28. The topological polar surface area (TPSA) is 36.3 Å². The summed E-state index contributed by atoms with van der Waals surface area (Å²) in [5.74, 6) is 0.894. The summed E-state index contributed by atoms with van der Waals surface area (Å²) in [6.07, 6.45) is 2.74.